The maximum Gasteiger partial charge on any atom is 0.162 e. The van der Waals surface area contributed by atoms with E-state index in [1.807, 2.05) is 36.4 Å². The van der Waals surface area contributed by atoms with Crippen LogP contribution in [0.3, 0.4) is 0 Å². The lowest BCUT2D eigenvalue weighted by molar-refractivity contribution is -0.116. The van der Waals surface area contributed by atoms with Crippen molar-refractivity contribution in [3.05, 3.63) is 102 Å². The predicted octanol–water partition coefficient (Wildman–Crippen LogP) is 5.98. The lowest BCUT2D eigenvalue weighted by Gasteiger charge is -2.35. The lowest BCUT2D eigenvalue weighted by atomic mass is 9.73. The summed E-state index contributed by atoms with van der Waals surface area (Å²) in [5.41, 5.74) is 3.96. The van der Waals surface area contributed by atoms with Crippen molar-refractivity contribution in [1.82, 2.24) is 0 Å². The zero-order valence-corrected chi connectivity index (χ0v) is 15.7. The largest absolute Gasteiger partial charge is 0.469 e. The van der Waals surface area contributed by atoms with Crippen LogP contribution in [-0.4, -0.2) is 5.78 Å². The maximum atomic E-state index is 13.4. The topological polar surface area (TPSA) is 55.4 Å². The van der Waals surface area contributed by atoms with Crippen molar-refractivity contribution >= 4 is 22.2 Å². The van der Waals surface area contributed by atoms with Crippen LogP contribution in [0, 0.1) is 0 Å². The minimum absolute atomic E-state index is 0.0583. The van der Waals surface area contributed by atoms with Crippen LogP contribution in [0.4, 0.5) is 5.69 Å². The molecule has 0 radical (unpaired) electrons. The van der Waals surface area contributed by atoms with Crippen LogP contribution in [0.25, 0.3) is 10.8 Å². The number of carbonyl (C=O) groups excluding carboxylic acids is 1. The first kappa shape index (κ1) is 16.4. The molecule has 29 heavy (non-hydrogen) atoms. The second-order valence-electron chi connectivity index (χ2n) is 7.76. The van der Waals surface area contributed by atoms with Gasteiger partial charge in [-0.3, -0.25) is 4.79 Å². The van der Waals surface area contributed by atoms with Crippen LogP contribution in [0.1, 0.15) is 41.8 Å². The van der Waals surface area contributed by atoms with Crippen molar-refractivity contribution in [2.24, 2.45) is 0 Å². The maximum absolute atomic E-state index is 13.4. The minimum Gasteiger partial charge on any atom is -0.469 e. The van der Waals surface area contributed by atoms with Crippen molar-refractivity contribution in [2.45, 2.75) is 24.7 Å². The Bertz CT molecular complexity index is 1250. The fraction of sp³-hybridized carbons (Fsp3) is 0.160. The number of anilines is 1. The van der Waals surface area contributed by atoms with Crippen molar-refractivity contribution in [3.63, 3.8) is 0 Å². The first-order valence-corrected chi connectivity index (χ1v) is 9.91. The van der Waals surface area contributed by atoms with E-state index in [2.05, 4.69) is 29.6 Å². The fourth-order valence-corrected chi connectivity index (χ4v) is 4.87. The molecule has 6 rings (SSSR count). The average molecular weight is 381 g/mol. The lowest BCUT2D eigenvalue weighted by Crippen LogP contribution is -2.29. The molecule has 2 aromatic heterocycles. The third-order valence-electron chi connectivity index (χ3n) is 6.11. The molecule has 1 N–H and O–H groups in total. The van der Waals surface area contributed by atoms with Crippen LogP contribution in [0.5, 0.6) is 0 Å². The van der Waals surface area contributed by atoms with E-state index in [0.717, 1.165) is 51.2 Å². The monoisotopic (exact) mass is 381 g/mol. The van der Waals surface area contributed by atoms with E-state index in [1.165, 1.54) is 0 Å². The molecule has 0 saturated heterocycles. The Balaban J connectivity index is 1.57. The van der Waals surface area contributed by atoms with E-state index >= 15 is 0 Å². The van der Waals surface area contributed by atoms with Gasteiger partial charge in [-0.05, 0) is 53.1 Å². The molecule has 2 atom stereocenters. The number of hydrogen-bond donors (Lipinski definition) is 1. The summed E-state index contributed by atoms with van der Waals surface area (Å²) in [6.45, 7) is 0. The highest BCUT2D eigenvalue weighted by atomic mass is 16.3. The normalized spacial score (nSPS) is 21.0. The van der Waals surface area contributed by atoms with Crippen molar-refractivity contribution in [3.8, 4) is 0 Å². The van der Waals surface area contributed by atoms with E-state index in [0.29, 0.717) is 6.42 Å². The van der Waals surface area contributed by atoms with Crippen molar-refractivity contribution in [2.75, 3.05) is 5.32 Å². The third kappa shape index (κ3) is 2.49. The molecule has 4 nitrogen and oxygen atoms in total. The smallest absolute Gasteiger partial charge is 0.162 e. The van der Waals surface area contributed by atoms with E-state index in [1.54, 1.807) is 12.5 Å². The molecule has 2 aliphatic rings. The first-order chi connectivity index (χ1) is 14.3. The summed E-state index contributed by atoms with van der Waals surface area (Å²) >= 11 is 0. The Labute approximate surface area is 167 Å². The molecule has 2 aromatic carbocycles. The number of carbonyl (C=O) groups is 1. The number of hydrogen-bond acceptors (Lipinski definition) is 4. The van der Waals surface area contributed by atoms with E-state index < -0.39 is 0 Å². The summed E-state index contributed by atoms with van der Waals surface area (Å²) in [7, 11) is 0. The van der Waals surface area contributed by atoms with Gasteiger partial charge in [0.1, 0.15) is 11.5 Å². The highest BCUT2D eigenvalue weighted by molar-refractivity contribution is 6.04. The van der Waals surface area contributed by atoms with Gasteiger partial charge in [-0.15, -0.1) is 0 Å². The molecule has 4 heteroatoms. The van der Waals surface area contributed by atoms with Gasteiger partial charge in [-0.1, -0.05) is 30.3 Å². The Morgan fingerprint density at radius 1 is 0.828 bits per heavy atom. The molecule has 4 aromatic rings. The molecule has 0 fully saturated rings. The summed E-state index contributed by atoms with van der Waals surface area (Å²) in [6, 6.07) is 20.2. The van der Waals surface area contributed by atoms with Gasteiger partial charge < -0.3 is 14.2 Å². The summed E-state index contributed by atoms with van der Waals surface area (Å²) in [6.07, 6.45) is 4.55. The standard InChI is InChI=1S/C25H19NO3/c27-20-14-16(21-7-3-11-28-21)13-19-24(20)25(22-8-4-12-29-22)23-17-6-2-1-5-15(17)9-10-18(23)26-19/h1-12,16,25-26H,13-14H2. The van der Waals surface area contributed by atoms with Gasteiger partial charge in [-0.25, -0.2) is 0 Å². The number of benzene rings is 2. The predicted molar refractivity (Wildman–Crippen MR) is 111 cm³/mol. The zero-order chi connectivity index (χ0) is 19.4. The molecule has 1 aliphatic carbocycles. The van der Waals surface area contributed by atoms with E-state index in [-0.39, 0.29) is 17.6 Å². The number of fused-ring (bicyclic) bond motifs is 3. The van der Waals surface area contributed by atoms with Gasteiger partial charge in [0.05, 0.1) is 18.4 Å². The van der Waals surface area contributed by atoms with Crippen molar-refractivity contribution < 1.29 is 13.6 Å². The molecule has 2 unspecified atom stereocenters. The Hall–Kier alpha value is -3.53. The van der Waals surface area contributed by atoms with E-state index in [9.17, 15) is 4.79 Å². The fourth-order valence-electron chi connectivity index (χ4n) is 4.87. The Morgan fingerprint density at radius 2 is 1.62 bits per heavy atom. The summed E-state index contributed by atoms with van der Waals surface area (Å²) in [4.78, 5) is 13.4. The highest BCUT2D eigenvalue weighted by Crippen LogP contribution is 2.50. The Morgan fingerprint density at radius 3 is 2.41 bits per heavy atom. The summed E-state index contributed by atoms with van der Waals surface area (Å²) in [5.74, 6) is 1.68. The molecular weight excluding hydrogens is 362 g/mol. The quantitative estimate of drug-likeness (QED) is 0.464. The Kier molecular flexibility index (Phi) is 3.54. The van der Waals surface area contributed by atoms with Crippen molar-refractivity contribution in [1.29, 1.82) is 0 Å². The van der Waals surface area contributed by atoms with Crippen LogP contribution in [0.2, 0.25) is 0 Å². The second kappa shape index (κ2) is 6.24. The van der Waals surface area contributed by atoms with Gasteiger partial charge in [0.2, 0.25) is 0 Å². The number of allylic oxidation sites excluding steroid dienone is 2. The molecule has 1 aliphatic heterocycles. The summed E-state index contributed by atoms with van der Waals surface area (Å²) in [5, 5.41) is 5.88. The number of ketones is 1. The number of rotatable bonds is 2. The summed E-state index contributed by atoms with van der Waals surface area (Å²) < 4.78 is 11.4. The first-order valence-electron chi connectivity index (χ1n) is 9.91. The molecule has 0 amide bonds. The molecule has 3 heterocycles. The van der Waals surface area contributed by atoms with Gasteiger partial charge in [-0.2, -0.15) is 0 Å². The van der Waals surface area contributed by atoms with Crippen LogP contribution >= 0.6 is 0 Å². The molecular formula is C25H19NO3. The highest BCUT2D eigenvalue weighted by Gasteiger charge is 2.40. The molecule has 0 saturated carbocycles. The van der Waals surface area contributed by atoms with E-state index in [4.69, 9.17) is 8.83 Å². The van der Waals surface area contributed by atoms with Crippen LogP contribution in [-0.2, 0) is 4.79 Å². The van der Waals surface area contributed by atoms with Gasteiger partial charge in [0.25, 0.3) is 0 Å². The van der Waals surface area contributed by atoms with Crippen LogP contribution < -0.4 is 5.32 Å². The third-order valence-corrected chi connectivity index (χ3v) is 6.11. The number of Topliss-reactive ketones (excluding diaryl/α,β-unsaturated/α-hetero) is 1. The average Bonchev–Trinajstić information content (AvgIpc) is 3.46. The SMILES string of the molecule is O=C1CC(c2ccco2)CC2=C1C(c1ccco1)c1c(ccc3ccccc13)N2. The van der Waals surface area contributed by atoms with Gasteiger partial charge >= 0.3 is 0 Å². The number of nitrogens with one attached hydrogen (secondary N) is 1. The second-order valence-corrected chi connectivity index (χ2v) is 7.76. The molecule has 0 spiro atoms. The van der Waals surface area contributed by atoms with Crippen LogP contribution in [0.15, 0.2) is 93.3 Å². The van der Waals surface area contributed by atoms with Gasteiger partial charge in [0, 0.05) is 29.3 Å². The molecule has 142 valence electrons. The zero-order valence-electron chi connectivity index (χ0n) is 15.7. The molecule has 0 bridgehead atoms. The minimum atomic E-state index is -0.201. The number of furan rings is 2. The van der Waals surface area contributed by atoms with Gasteiger partial charge in [0.15, 0.2) is 5.78 Å².